The molecule has 1 aromatic carbocycles. The van der Waals surface area contributed by atoms with Crippen molar-refractivity contribution in [2.24, 2.45) is 0 Å². The van der Waals surface area contributed by atoms with E-state index in [0.717, 1.165) is 58.1 Å². The first-order chi connectivity index (χ1) is 11.3. The zero-order chi connectivity index (χ0) is 16.1. The van der Waals surface area contributed by atoms with E-state index in [0.29, 0.717) is 6.04 Å². The van der Waals surface area contributed by atoms with Gasteiger partial charge in [0.15, 0.2) is 0 Å². The van der Waals surface area contributed by atoms with Gasteiger partial charge >= 0.3 is 0 Å². The van der Waals surface area contributed by atoms with Gasteiger partial charge in [0.1, 0.15) is 5.75 Å². The average Bonchev–Trinajstić information content (AvgIpc) is 3.03. The number of morpholine rings is 1. The lowest BCUT2D eigenvalue weighted by Crippen LogP contribution is -2.44. The Balaban J connectivity index is 1.57. The van der Waals surface area contributed by atoms with E-state index in [1.807, 2.05) is 6.07 Å². The highest BCUT2D eigenvalue weighted by Crippen LogP contribution is 2.33. The van der Waals surface area contributed by atoms with E-state index in [2.05, 4.69) is 28.0 Å². The highest BCUT2D eigenvalue weighted by molar-refractivity contribution is 5.31. The minimum absolute atomic E-state index is 0.306. The van der Waals surface area contributed by atoms with E-state index < -0.39 is 0 Å². The topological polar surface area (TPSA) is 45.2 Å². The van der Waals surface area contributed by atoms with Crippen LogP contribution in [-0.2, 0) is 4.74 Å². The lowest BCUT2D eigenvalue weighted by molar-refractivity contribution is 0.00584. The van der Waals surface area contributed by atoms with Gasteiger partial charge in [-0.25, -0.2) is 0 Å². The summed E-state index contributed by atoms with van der Waals surface area (Å²) < 4.78 is 10.7. The number of nitrogens with zero attached hydrogens (tertiary/aromatic N) is 2. The first kappa shape index (κ1) is 16.7. The molecule has 3 rings (SSSR count). The number of rotatable bonds is 6. The highest BCUT2D eigenvalue weighted by atomic mass is 16.5. The van der Waals surface area contributed by atoms with Gasteiger partial charge in [-0.1, -0.05) is 12.1 Å². The molecule has 0 aromatic heterocycles. The maximum absolute atomic E-state index is 10.5. The second-order valence-corrected chi connectivity index (χ2v) is 6.50. The zero-order valence-electron chi connectivity index (χ0n) is 14.0. The molecule has 2 aliphatic heterocycles. The summed E-state index contributed by atoms with van der Waals surface area (Å²) in [4.78, 5) is 4.71. The summed E-state index contributed by atoms with van der Waals surface area (Å²) in [6.07, 6.45) is 2.03. The maximum atomic E-state index is 10.5. The predicted molar refractivity (Wildman–Crippen MR) is 89.8 cm³/mol. The number of aliphatic hydroxyl groups excluding tert-OH is 1. The van der Waals surface area contributed by atoms with Crippen molar-refractivity contribution in [3.63, 3.8) is 0 Å². The van der Waals surface area contributed by atoms with Gasteiger partial charge in [-0.2, -0.15) is 0 Å². The smallest absolute Gasteiger partial charge is 0.119 e. The summed E-state index contributed by atoms with van der Waals surface area (Å²) in [7, 11) is 1.71. The van der Waals surface area contributed by atoms with Crippen LogP contribution in [0.15, 0.2) is 24.3 Å². The first-order valence-electron chi connectivity index (χ1n) is 8.62. The Morgan fingerprint density at radius 2 is 2.09 bits per heavy atom. The van der Waals surface area contributed by atoms with Gasteiger partial charge in [-0.3, -0.25) is 9.80 Å². The van der Waals surface area contributed by atoms with Crippen LogP contribution < -0.4 is 4.74 Å². The van der Waals surface area contributed by atoms with Crippen LogP contribution in [0.25, 0.3) is 0 Å². The molecule has 0 saturated carbocycles. The normalized spacial score (nSPS) is 24.7. The van der Waals surface area contributed by atoms with Gasteiger partial charge in [0.25, 0.3) is 0 Å². The third kappa shape index (κ3) is 4.44. The molecule has 0 aliphatic carbocycles. The second kappa shape index (κ2) is 8.11. The fourth-order valence-electron chi connectivity index (χ4n) is 3.68. The summed E-state index contributed by atoms with van der Waals surface area (Å²) in [5.41, 5.74) is 1.29. The molecule has 0 radical (unpaired) electrons. The van der Waals surface area contributed by atoms with Crippen molar-refractivity contribution in [1.82, 2.24) is 9.80 Å². The van der Waals surface area contributed by atoms with E-state index in [-0.39, 0.29) is 6.10 Å². The van der Waals surface area contributed by atoms with Crippen LogP contribution in [0.1, 0.15) is 24.4 Å². The third-order valence-electron chi connectivity index (χ3n) is 4.86. The molecular formula is C18H28N2O3. The van der Waals surface area contributed by atoms with Crippen molar-refractivity contribution in [2.45, 2.75) is 25.0 Å². The van der Waals surface area contributed by atoms with Crippen LogP contribution in [-0.4, -0.2) is 74.1 Å². The molecule has 0 spiro atoms. The summed E-state index contributed by atoms with van der Waals surface area (Å²) in [6.45, 7) is 5.95. The van der Waals surface area contributed by atoms with E-state index in [4.69, 9.17) is 9.47 Å². The molecular weight excluding hydrogens is 292 g/mol. The second-order valence-electron chi connectivity index (χ2n) is 6.50. The van der Waals surface area contributed by atoms with Crippen LogP contribution >= 0.6 is 0 Å². The van der Waals surface area contributed by atoms with Gasteiger partial charge in [-0.15, -0.1) is 0 Å². The Bertz CT molecular complexity index is 491. The minimum Gasteiger partial charge on any atom is -0.497 e. The van der Waals surface area contributed by atoms with Crippen LogP contribution in [0.2, 0.25) is 0 Å². The van der Waals surface area contributed by atoms with Crippen LogP contribution in [0, 0.1) is 0 Å². The molecule has 2 atom stereocenters. The lowest BCUT2D eigenvalue weighted by atomic mass is 10.0. The first-order valence-corrected chi connectivity index (χ1v) is 8.62. The fraction of sp³-hybridized carbons (Fsp3) is 0.667. The molecule has 23 heavy (non-hydrogen) atoms. The number of benzene rings is 1. The molecule has 5 nitrogen and oxygen atoms in total. The average molecular weight is 320 g/mol. The standard InChI is InChI=1S/C18H28N2O3/c1-22-17-5-2-4-15(12-17)18-6-3-7-20(18)14-16(21)13-19-8-10-23-11-9-19/h2,4-5,12,16,18,21H,3,6-11,13-14H2,1H3. The molecule has 5 heteroatoms. The van der Waals surface area contributed by atoms with Crippen molar-refractivity contribution in [1.29, 1.82) is 0 Å². The molecule has 2 heterocycles. The predicted octanol–water partition coefficient (Wildman–Crippen LogP) is 1.53. The molecule has 128 valence electrons. The van der Waals surface area contributed by atoms with E-state index >= 15 is 0 Å². The monoisotopic (exact) mass is 320 g/mol. The summed E-state index contributed by atoms with van der Waals surface area (Å²) in [5.74, 6) is 0.906. The Kier molecular flexibility index (Phi) is 5.89. The summed E-state index contributed by atoms with van der Waals surface area (Å²) >= 11 is 0. The molecule has 0 amide bonds. The Hall–Kier alpha value is -1.14. The zero-order valence-corrected chi connectivity index (χ0v) is 14.0. The van der Waals surface area contributed by atoms with Crippen LogP contribution in [0.5, 0.6) is 5.75 Å². The number of methoxy groups -OCH3 is 1. The SMILES string of the molecule is COc1cccc(C2CCCN2CC(O)CN2CCOCC2)c1. The maximum Gasteiger partial charge on any atom is 0.119 e. The van der Waals surface area contributed by atoms with Gasteiger partial charge < -0.3 is 14.6 Å². The van der Waals surface area contributed by atoms with Crippen LogP contribution in [0.3, 0.4) is 0 Å². The van der Waals surface area contributed by atoms with Gasteiger partial charge in [0, 0.05) is 32.2 Å². The van der Waals surface area contributed by atoms with Crippen molar-refractivity contribution < 1.29 is 14.6 Å². The number of ether oxygens (including phenoxy) is 2. The molecule has 2 aliphatic rings. The molecule has 0 bridgehead atoms. The Morgan fingerprint density at radius 3 is 2.87 bits per heavy atom. The van der Waals surface area contributed by atoms with Crippen molar-refractivity contribution in [2.75, 3.05) is 53.0 Å². The lowest BCUT2D eigenvalue weighted by Gasteiger charge is -2.32. The number of likely N-dealkylation sites (tertiary alicyclic amines) is 1. The summed E-state index contributed by atoms with van der Waals surface area (Å²) in [5, 5.41) is 10.5. The van der Waals surface area contributed by atoms with Crippen molar-refractivity contribution in [3.8, 4) is 5.75 Å². The molecule has 2 saturated heterocycles. The van der Waals surface area contributed by atoms with Gasteiger partial charge in [0.05, 0.1) is 26.4 Å². The third-order valence-corrected chi connectivity index (χ3v) is 4.86. The number of hydrogen-bond donors (Lipinski definition) is 1. The largest absolute Gasteiger partial charge is 0.497 e. The number of β-amino-alcohol motifs (C(OH)–C–C–N with tert-alkyl or cyclic N) is 1. The van der Waals surface area contributed by atoms with Crippen LogP contribution in [0.4, 0.5) is 0 Å². The van der Waals surface area contributed by atoms with Crippen molar-refractivity contribution >= 4 is 0 Å². The van der Waals surface area contributed by atoms with E-state index in [1.54, 1.807) is 7.11 Å². The van der Waals surface area contributed by atoms with E-state index in [1.165, 1.54) is 12.0 Å². The fourth-order valence-corrected chi connectivity index (χ4v) is 3.68. The van der Waals surface area contributed by atoms with E-state index in [9.17, 15) is 5.11 Å². The van der Waals surface area contributed by atoms with Gasteiger partial charge in [-0.05, 0) is 37.1 Å². The molecule has 1 N–H and O–H groups in total. The van der Waals surface area contributed by atoms with Gasteiger partial charge in [0.2, 0.25) is 0 Å². The number of aliphatic hydroxyl groups is 1. The minimum atomic E-state index is -0.306. The highest BCUT2D eigenvalue weighted by Gasteiger charge is 2.28. The summed E-state index contributed by atoms with van der Waals surface area (Å²) in [6, 6.07) is 8.71. The Morgan fingerprint density at radius 1 is 1.26 bits per heavy atom. The molecule has 1 aromatic rings. The Labute approximate surface area is 138 Å². The quantitative estimate of drug-likeness (QED) is 0.861. The van der Waals surface area contributed by atoms with Crippen molar-refractivity contribution in [3.05, 3.63) is 29.8 Å². The number of hydrogen-bond acceptors (Lipinski definition) is 5. The molecule has 2 unspecified atom stereocenters. The molecule has 2 fully saturated rings.